The zero-order valence-corrected chi connectivity index (χ0v) is 9.23. The van der Waals surface area contributed by atoms with Crippen LogP contribution in [0.2, 0.25) is 0 Å². The van der Waals surface area contributed by atoms with Crippen LogP contribution >= 0.6 is 0 Å². The molecule has 0 aromatic carbocycles. The zero-order chi connectivity index (χ0) is 11.5. The fourth-order valence-electron chi connectivity index (χ4n) is 1.39. The van der Waals surface area contributed by atoms with Gasteiger partial charge in [0.2, 0.25) is 0 Å². The average molecular weight is 210 g/mol. The minimum atomic E-state index is -0.852. The summed E-state index contributed by atoms with van der Waals surface area (Å²) in [5.41, 5.74) is 5.51. The van der Waals surface area contributed by atoms with Crippen molar-refractivity contribution >= 4 is 5.78 Å². The van der Waals surface area contributed by atoms with E-state index in [1.807, 2.05) is 16.8 Å². The Balaban J connectivity index is 2.85. The van der Waals surface area contributed by atoms with Gasteiger partial charge in [0.15, 0.2) is 5.78 Å². The lowest BCUT2D eigenvalue weighted by Gasteiger charge is -2.18. The van der Waals surface area contributed by atoms with Gasteiger partial charge in [-0.2, -0.15) is 0 Å². The second-order valence-corrected chi connectivity index (χ2v) is 4.21. The van der Waals surface area contributed by atoms with Crippen LogP contribution in [0.5, 0.6) is 0 Å². The van der Waals surface area contributed by atoms with Gasteiger partial charge in [-0.15, -0.1) is 0 Å². The first-order chi connectivity index (χ1) is 6.96. The van der Waals surface area contributed by atoms with E-state index in [9.17, 15) is 4.79 Å². The van der Waals surface area contributed by atoms with Gasteiger partial charge < -0.3 is 15.4 Å². The molecule has 0 unspecified atom stereocenters. The normalized spacial score (nSPS) is 11.7. The second-order valence-electron chi connectivity index (χ2n) is 4.21. The maximum Gasteiger partial charge on any atom is 0.198 e. The SMILES string of the molecule is CC(C)(N)C(=O)c1cccn1CCCO. The lowest BCUT2D eigenvalue weighted by molar-refractivity contribution is 0.0903. The van der Waals surface area contributed by atoms with E-state index >= 15 is 0 Å². The van der Waals surface area contributed by atoms with E-state index in [2.05, 4.69) is 0 Å². The van der Waals surface area contributed by atoms with Crippen LogP contribution in [-0.2, 0) is 6.54 Å². The van der Waals surface area contributed by atoms with Gasteiger partial charge >= 0.3 is 0 Å². The lowest BCUT2D eigenvalue weighted by atomic mass is 9.98. The molecule has 0 saturated carbocycles. The molecule has 1 rings (SSSR count). The van der Waals surface area contributed by atoms with Crippen molar-refractivity contribution in [1.82, 2.24) is 4.57 Å². The van der Waals surface area contributed by atoms with E-state index in [1.165, 1.54) is 0 Å². The van der Waals surface area contributed by atoms with Crippen molar-refractivity contribution in [2.75, 3.05) is 6.61 Å². The van der Waals surface area contributed by atoms with Gasteiger partial charge in [0.25, 0.3) is 0 Å². The molecule has 0 spiro atoms. The number of ketones is 1. The molecule has 0 aliphatic carbocycles. The van der Waals surface area contributed by atoms with Crippen LogP contribution in [0.15, 0.2) is 18.3 Å². The number of nitrogens with zero attached hydrogens (tertiary/aromatic N) is 1. The Hall–Kier alpha value is -1.13. The molecule has 0 amide bonds. The topological polar surface area (TPSA) is 68.2 Å². The highest BCUT2D eigenvalue weighted by Gasteiger charge is 2.25. The van der Waals surface area contributed by atoms with Gasteiger partial charge in [-0.05, 0) is 32.4 Å². The second kappa shape index (κ2) is 4.59. The summed E-state index contributed by atoms with van der Waals surface area (Å²) in [5, 5.41) is 8.73. The Labute approximate surface area is 89.7 Å². The van der Waals surface area contributed by atoms with Crippen LogP contribution in [0, 0.1) is 0 Å². The van der Waals surface area contributed by atoms with E-state index < -0.39 is 5.54 Å². The smallest absolute Gasteiger partial charge is 0.198 e. The first-order valence-electron chi connectivity index (χ1n) is 5.06. The Kier molecular flexibility index (Phi) is 3.66. The molecule has 0 fully saturated rings. The van der Waals surface area contributed by atoms with Gasteiger partial charge in [-0.3, -0.25) is 4.79 Å². The maximum absolute atomic E-state index is 11.9. The van der Waals surface area contributed by atoms with Crippen molar-refractivity contribution in [2.45, 2.75) is 32.4 Å². The highest BCUT2D eigenvalue weighted by molar-refractivity contribution is 6.01. The number of carbonyl (C=O) groups excluding carboxylic acids is 1. The molecule has 4 heteroatoms. The minimum Gasteiger partial charge on any atom is -0.396 e. The van der Waals surface area contributed by atoms with Crippen LogP contribution in [-0.4, -0.2) is 27.6 Å². The summed E-state index contributed by atoms with van der Waals surface area (Å²) >= 11 is 0. The molecule has 4 nitrogen and oxygen atoms in total. The largest absolute Gasteiger partial charge is 0.396 e. The number of hydrogen-bond acceptors (Lipinski definition) is 3. The highest BCUT2D eigenvalue weighted by Crippen LogP contribution is 2.11. The van der Waals surface area contributed by atoms with E-state index in [4.69, 9.17) is 10.8 Å². The van der Waals surface area contributed by atoms with Crippen molar-refractivity contribution in [2.24, 2.45) is 5.73 Å². The monoisotopic (exact) mass is 210 g/mol. The number of aliphatic hydroxyl groups excluding tert-OH is 1. The Morgan fingerprint density at radius 3 is 2.80 bits per heavy atom. The zero-order valence-electron chi connectivity index (χ0n) is 9.23. The molecule has 84 valence electrons. The number of carbonyl (C=O) groups is 1. The van der Waals surface area contributed by atoms with Crippen LogP contribution in [0.3, 0.4) is 0 Å². The number of Topliss-reactive ketones (excluding diaryl/α,β-unsaturated/α-hetero) is 1. The third kappa shape index (κ3) is 2.91. The molecular weight excluding hydrogens is 192 g/mol. The van der Waals surface area contributed by atoms with Gasteiger partial charge in [0, 0.05) is 19.3 Å². The van der Waals surface area contributed by atoms with Crippen LogP contribution in [0.25, 0.3) is 0 Å². The molecular formula is C11H18N2O2. The van der Waals surface area contributed by atoms with Gasteiger partial charge in [-0.25, -0.2) is 0 Å². The summed E-state index contributed by atoms with van der Waals surface area (Å²) in [7, 11) is 0. The van der Waals surface area contributed by atoms with E-state index in [1.54, 1.807) is 19.9 Å². The van der Waals surface area contributed by atoms with Crippen molar-refractivity contribution in [3.8, 4) is 0 Å². The molecule has 0 aliphatic rings. The Morgan fingerprint density at radius 1 is 1.60 bits per heavy atom. The number of aliphatic hydroxyl groups is 1. The molecule has 3 N–H and O–H groups in total. The molecule has 0 radical (unpaired) electrons. The van der Waals surface area contributed by atoms with Gasteiger partial charge in [-0.1, -0.05) is 0 Å². The average Bonchev–Trinajstić information content (AvgIpc) is 2.59. The summed E-state index contributed by atoms with van der Waals surface area (Å²) in [6.45, 7) is 4.15. The van der Waals surface area contributed by atoms with Crippen molar-refractivity contribution < 1.29 is 9.90 Å². The van der Waals surface area contributed by atoms with E-state index in [0.717, 1.165) is 0 Å². The predicted molar refractivity (Wildman–Crippen MR) is 58.7 cm³/mol. The number of hydrogen-bond donors (Lipinski definition) is 2. The molecule has 15 heavy (non-hydrogen) atoms. The Bertz CT molecular complexity index is 337. The Morgan fingerprint density at radius 2 is 2.27 bits per heavy atom. The summed E-state index contributed by atoms with van der Waals surface area (Å²) in [6.07, 6.45) is 2.47. The number of rotatable bonds is 5. The lowest BCUT2D eigenvalue weighted by Crippen LogP contribution is -2.42. The number of aromatic nitrogens is 1. The standard InChI is InChI=1S/C11H18N2O2/c1-11(2,12)10(15)9-5-3-6-13(9)7-4-8-14/h3,5-6,14H,4,7-8,12H2,1-2H3. The van der Waals surface area contributed by atoms with Crippen LogP contribution < -0.4 is 5.73 Å². The first-order valence-corrected chi connectivity index (χ1v) is 5.06. The predicted octanol–water partition coefficient (Wildman–Crippen LogP) is 0.791. The van der Waals surface area contributed by atoms with Crippen LogP contribution in [0.4, 0.5) is 0 Å². The molecule has 1 aromatic rings. The van der Waals surface area contributed by atoms with E-state index in [0.29, 0.717) is 18.7 Å². The van der Waals surface area contributed by atoms with Crippen molar-refractivity contribution in [3.63, 3.8) is 0 Å². The third-order valence-electron chi connectivity index (χ3n) is 2.20. The number of nitrogens with two attached hydrogens (primary N) is 1. The summed E-state index contributed by atoms with van der Waals surface area (Å²) in [4.78, 5) is 11.9. The quantitative estimate of drug-likeness (QED) is 0.706. The number of aryl methyl sites for hydroxylation is 1. The maximum atomic E-state index is 11.9. The van der Waals surface area contributed by atoms with Gasteiger partial charge in [0.05, 0.1) is 11.2 Å². The van der Waals surface area contributed by atoms with Crippen molar-refractivity contribution in [1.29, 1.82) is 0 Å². The fourth-order valence-corrected chi connectivity index (χ4v) is 1.39. The minimum absolute atomic E-state index is 0.0783. The van der Waals surface area contributed by atoms with E-state index in [-0.39, 0.29) is 12.4 Å². The molecule has 0 saturated heterocycles. The third-order valence-corrected chi connectivity index (χ3v) is 2.20. The highest BCUT2D eigenvalue weighted by atomic mass is 16.3. The molecule has 0 aliphatic heterocycles. The fraction of sp³-hybridized carbons (Fsp3) is 0.545. The first kappa shape index (κ1) is 11.9. The summed E-state index contributed by atoms with van der Waals surface area (Å²) < 4.78 is 1.83. The molecule has 0 bridgehead atoms. The molecule has 1 aromatic heterocycles. The van der Waals surface area contributed by atoms with Crippen molar-refractivity contribution in [3.05, 3.63) is 24.0 Å². The summed E-state index contributed by atoms with van der Waals surface area (Å²) in [5.74, 6) is -0.0783. The van der Waals surface area contributed by atoms with Crippen LogP contribution in [0.1, 0.15) is 30.8 Å². The molecule has 1 heterocycles. The molecule has 0 atom stereocenters. The summed E-state index contributed by atoms with van der Waals surface area (Å²) in [6, 6.07) is 3.57. The van der Waals surface area contributed by atoms with Gasteiger partial charge in [0.1, 0.15) is 0 Å².